The Balaban J connectivity index is 3.03. The summed E-state index contributed by atoms with van der Waals surface area (Å²) in [7, 11) is 1.24. The standard InChI is InChI=1S/C11H9FO2S/c1-14-11(13)9-5-4-8(3-2-6-15)10(12)7-9/h4-5,7,15H,6H2,1H3. The summed E-state index contributed by atoms with van der Waals surface area (Å²) < 4.78 is 17.8. The van der Waals surface area contributed by atoms with E-state index in [1.165, 1.54) is 19.2 Å². The fraction of sp³-hybridized carbons (Fsp3) is 0.182. The van der Waals surface area contributed by atoms with E-state index in [1.807, 2.05) is 0 Å². The van der Waals surface area contributed by atoms with Gasteiger partial charge in [0, 0.05) is 0 Å². The number of rotatable bonds is 1. The molecule has 0 aromatic heterocycles. The first-order valence-corrected chi connectivity index (χ1v) is 4.80. The number of esters is 1. The van der Waals surface area contributed by atoms with Crippen LogP contribution in [0, 0.1) is 17.7 Å². The van der Waals surface area contributed by atoms with Crippen molar-refractivity contribution in [3.63, 3.8) is 0 Å². The molecule has 0 N–H and O–H groups in total. The number of hydrogen-bond acceptors (Lipinski definition) is 3. The van der Waals surface area contributed by atoms with Crippen molar-refractivity contribution in [3.8, 4) is 11.8 Å². The van der Waals surface area contributed by atoms with Crippen LogP contribution in [0.4, 0.5) is 4.39 Å². The molecule has 0 saturated heterocycles. The molecule has 1 rings (SSSR count). The number of thiol groups is 1. The SMILES string of the molecule is COC(=O)c1ccc(C#CCS)c(F)c1. The Morgan fingerprint density at radius 3 is 2.87 bits per heavy atom. The molecule has 0 amide bonds. The molecule has 0 spiro atoms. The van der Waals surface area contributed by atoms with Crippen molar-refractivity contribution in [2.45, 2.75) is 0 Å². The first-order valence-electron chi connectivity index (χ1n) is 4.16. The summed E-state index contributed by atoms with van der Waals surface area (Å²) in [4.78, 5) is 11.1. The molecule has 0 unspecified atom stereocenters. The average molecular weight is 224 g/mol. The minimum atomic E-state index is -0.567. The van der Waals surface area contributed by atoms with Gasteiger partial charge in [-0.15, -0.1) is 0 Å². The fourth-order valence-corrected chi connectivity index (χ4v) is 1.08. The zero-order valence-corrected chi connectivity index (χ0v) is 8.98. The quantitative estimate of drug-likeness (QED) is 0.448. The lowest BCUT2D eigenvalue weighted by Crippen LogP contribution is -2.02. The zero-order chi connectivity index (χ0) is 11.3. The number of halogens is 1. The molecule has 0 heterocycles. The second-order valence-electron chi connectivity index (χ2n) is 2.65. The highest BCUT2D eigenvalue weighted by molar-refractivity contribution is 7.80. The lowest BCUT2D eigenvalue weighted by atomic mass is 10.1. The van der Waals surface area contributed by atoms with Gasteiger partial charge in [-0.05, 0) is 18.2 Å². The first kappa shape index (κ1) is 11.6. The maximum absolute atomic E-state index is 13.3. The smallest absolute Gasteiger partial charge is 0.337 e. The van der Waals surface area contributed by atoms with Crippen LogP contribution in [-0.2, 0) is 4.74 Å². The van der Waals surface area contributed by atoms with Gasteiger partial charge in [-0.2, -0.15) is 12.6 Å². The number of benzene rings is 1. The third-order valence-electron chi connectivity index (χ3n) is 1.69. The van der Waals surface area contributed by atoms with Gasteiger partial charge in [0.1, 0.15) is 5.82 Å². The highest BCUT2D eigenvalue weighted by Crippen LogP contribution is 2.10. The van der Waals surface area contributed by atoms with Crippen molar-refractivity contribution in [2.75, 3.05) is 12.9 Å². The van der Waals surface area contributed by atoms with Crippen LogP contribution in [-0.4, -0.2) is 18.8 Å². The molecule has 0 radical (unpaired) electrons. The van der Waals surface area contributed by atoms with E-state index in [1.54, 1.807) is 0 Å². The molecule has 0 aliphatic heterocycles. The van der Waals surface area contributed by atoms with Crippen LogP contribution in [0.3, 0.4) is 0 Å². The Morgan fingerprint density at radius 2 is 2.33 bits per heavy atom. The van der Waals surface area contributed by atoms with Gasteiger partial charge in [-0.1, -0.05) is 11.8 Å². The van der Waals surface area contributed by atoms with Crippen molar-refractivity contribution < 1.29 is 13.9 Å². The molecule has 0 atom stereocenters. The molecule has 0 bridgehead atoms. The molecular formula is C11H9FO2S. The summed E-state index contributed by atoms with van der Waals surface area (Å²) in [5, 5.41) is 0. The van der Waals surface area contributed by atoms with Gasteiger partial charge >= 0.3 is 5.97 Å². The van der Waals surface area contributed by atoms with Crippen LogP contribution in [0.15, 0.2) is 18.2 Å². The number of carbonyl (C=O) groups excluding carboxylic acids is 1. The lowest BCUT2D eigenvalue weighted by Gasteiger charge is -2.00. The Hall–Kier alpha value is -1.47. The van der Waals surface area contributed by atoms with E-state index in [9.17, 15) is 9.18 Å². The predicted molar refractivity (Wildman–Crippen MR) is 58.5 cm³/mol. The van der Waals surface area contributed by atoms with Crippen molar-refractivity contribution in [1.29, 1.82) is 0 Å². The maximum atomic E-state index is 13.3. The number of carbonyl (C=O) groups is 1. The Kier molecular flexibility index (Phi) is 4.19. The van der Waals surface area contributed by atoms with Crippen LogP contribution in [0.1, 0.15) is 15.9 Å². The summed E-state index contributed by atoms with van der Waals surface area (Å²) in [5.74, 6) is 4.48. The van der Waals surface area contributed by atoms with Gasteiger partial charge in [0.15, 0.2) is 0 Å². The van der Waals surface area contributed by atoms with Gasteiger partial charge in [0.05, 0.1) is 24.0 Å². The van der Waals surface area contributed by atoms with E-state index >= 15 is 0 Å². The molecule has 0 aliphatic carbocycles. The molecule has 4 heteroatoms. The first-order chi connectivity index (χ1) is 7.19. The van der Waals surface area contributed by atoms with E-state index in [-0.39, 0.29) is 11.1 Å². The number of ether oxygens (including phenoxy) is 1. The minimum Gasteiger partial charge on any atom is -0.465 e. The Bertz CT molecular complexity index is 432. The molecule has 1 aromatic rings. The molecule has 15 heavy (non-hydrogen) atoms. The molecule has 0 aliphatic rings. The predicted octanol–water partition coefficient (Wildman–Crippen LogP) is 1.89. The van der Waals surface area contributed by atoms with E-state index < -0.39 is 11.8 Å². The third kappa shape index (κ3) is 3.00. The molecule has 0 saturated carbocycles. The maximum Gasteiger partial charge on any atom is 0.337 e. The lowest BCUT2D eigenvalue weighted by molar-refractivity contribution is 0.0600. The van der Waals surface area contributed by atoms with Crippen molar-refractivity contribution >= 4 is 18.6 Å². The number of hydrogen-bond donors (Lipinski definition) is 1. The molecule has 1 aromatic carbocycles. The molecular weight excluding hydrogens is 215 g/mol. The summed E-state index contributed by atoms with van der Waals surface area (Å²) in [6.07, 6.45) is 0. The Labute approximate surface area is 92.9 Å². The number of methoxy groups -OCH3 is 1. The van der Waals surface area contributed by atoms with Gasteiger partial charge < -0.3 is 4.74 Å². The molecule has 0 fully saturated rings. The van der Waals surface area contributed by atoms with Gasteiger partial charge in [-0.25, -0.2) is 9.18 Å². The van der Waals surface area contributed by atoms with E-state index in [0.717, 1.165) is 6.07 Å². The summed E-state index contributed by atoms with van der Waals surface area (Å²) in [6, 6.07) is 4.02. The van der Waals surface area contributed by atoms with Crippen molar-refractivity contribution in [3.05, 3.63) is 35.1 Å². The van der Waals surface area contributed by atoms with E-state index in [0.29, 0.717) is 5.75 Å². The topological polar surface area (TPSA) is 26.3 Å². The van der Waals surface area contributed by atoms with Gasteiger partial charge in [-0.3, -0.25) is 0 Å². The second kappa shape index (κ2) is 5.42. The van der Waals surface area contributed by atoms with E-state index in [4.69, 9.17) is 0 Å². The molecule has 2 nitrogen and oxygen atoms in total. The van der Waals surface area contributed by atoms with E-state index in [2.05, 4.69) is 29.2 Å². The van der Waals surface area contributed by atoms with Crippen molar-refractivity contribution in [1.82, 2.24) is 0 Å². The fourth-order valence-electron chi connectivity index (χ4n) is 0.996. The second-order valence-corrected chi connectivity index (χ2v) is 2.96. The summed E-state index contributed by atoms with van der Waals surface area (Å²) in [6.45, 7) is 0. The van der Waals surface area contributed by atoms with Crippen LogP contribution < -0.4 is 0 Å². The highest BCUT2D eigenvalue weighted by atomic mass is 32.1. The third-order valence-corrected chi connectivity index (χ3v) is 1.85. The van der Waals surface area contributed by atoms with Crippen LogP contribution in [0.5, 0.6) is 0 Å². The molecule has 78 valence electrons. The highest BCUT2D eigenvalue weighted by Gasteiger charge is 2.08. The normalized spacial score (nSPS) is 9.00. The van der Waals surface area contributed by atoms with Gasteiger partial charge in [0.2, 0.25) is 0 Å². The summed E-state index contributed by atoms with van der Waals surface area (Å²) in [5.41, 5.74) is 0.420. The summed E-state index contributed by atoms with van der Waals surface area (Å²) >= 11 is 3.88. The largest absolute Gasteiger partial charge is 0.465 e. The Morgan fingerprint density at radius 1 is 1.60 bits per heavy atom. The monoisotopic (exact) mass is 224 g/mol. The average Bonchev–Trinajstić information content (AvgIpc) is 2.26. The van der Waals surface area contributed by atoms with Crippen LogP contribution in [0.25, 0.3) is 0 Å². The van der Waals surface area contributed by atoms with Crippen LogP contribution in [0.2, 0.25) is 0 Å². The van der Waals surface area contributed by atoms with Gasteiger partial charge in [0.25, 0.3) is 0 Å². The van der Waals surface area contributed by atoms with Crippen molar-refractivity contribution in [2.24, 2.45) is 0 Å². The van der Waals surface area contributed by atoms with Crippen LogP contribution >= 0.6 is 12.6 Å². The zero-order valence-electron chi connectivity index (χ0n) is 8.08. The minimum absolute atomic E-state index is 0.173.